The molecule has 0 saturated heterocycles. The third-order valence-electron chi connectivity index (χ3n) is 3.94. The molecule has 1 saturated carbocycles. The molecule has 1 heteroatoms. The molecule has 1 N–H and O–H groups in total. The normalized spacial score (nSPS) is 22.8. The van der Waals surface area contributed by atoms with E-state index in [2.05, 4.69) is 6.92 Å². The first-order valence-corrected chi connectivity index (χ1v) is 7.73. The van der Waals surface area contributed by atoms with E-state index in [9.17, 15) is 5.11 Å². The number of aliphatic hydroxyl groups is 1. The lowest BCUT2D eigenvalue weighted by Crippen LogP contribution is -2.05. The summed E-state index contributed by atoms with van der Waals surface area (Å²) in [5, 5.41) is 10.0. The molecule has 1 aliphatic carbocycles. The number of allylic oxidation sites excluding steroid dienone is 2. The monoisotopic (exact) mass is 238 g/mol. The Bertz CT molecular complexity index is 196. The van der Waals surface area contributed by atoms with Gasteiger partial charge in [0.1, 0.15) is 0 Å². The third-order valence-corrected chi connectivity index (χ3v) is 3.94. The Hall–Kier alpha value is -0.460. The van der Waals surface area contributed by atoms with Crippen LogP contribution in [0.4, 0.5) is 0 Å². The van der Waals surface area contributed by atoms with Crippen LogP contribution in [-0.4, -0.2) is 5.11 Å². The molecule has 0 heterocycles. The summed E-state index contributed by atoms with van der Waals surface area (Å²) in [5.41, 5.74) is 0. The second-order valence-electron chi connectivity index (χ2n) is 5.49. The van der Waals surface area contributed by atoms with Crippen molar-refractivity contribution in [3.05, 3.63) is 11.8 Å². The predicted molar refractivity (Wildman–Crippen MR) is 75.3 cm³/mol. The molecule has 1 rings (SSSR count). The van der Waals surface area contributed by atoms with Crippen LogP contribution < -0.4 is 0 Å². The van der Waals surface area contributed by atoms with Gasteiger partial charge in [-0.3, -0.25) is 0 Å². The van der Waals surface area contributed by atoms with Gasteiger partial charge in [-0.25, -0.2) is 0 Å². The van der Waals surface area contributed by atoms with Gasteiger partial charge in [-0.2, -0.15) is 0 Å². The van der Waals surface area contributed by atoms with E-state index in [1.165, 1.54) is 70.6 Å². The van der Waals surface area contributed by atoms with Crippen molar-refractivity contribution < 1.29 is 5.11 Å². The lowest BCUT2D eigenvalue weighted by Gasteiger charge is -2.17. The highest BCUT2D eigenvalue weighted by Gasteiger charge is 2.13. The lowest BCUT2D eigenvalue weighted by molar-refractivity contribution is 0.292. The SMILES string of the molecule is CCC=C(O)C1CCCCCCCCCCC1. The third kappa shape index (κ3) is 6.75. The van der Waals surface area contributed by atoms with Crippen molar-refractivity contribution >= 4 is 0 Å². The molecule has 17 heavy (non-hydrogen) atoms. The van der Waals surface area contributed by atoms with Gasteiger partial charge in [-0.1, -0.05) is 64.7 Å². The molecule has 0 aromatic carbocycles. The quantitative estimate of drug-likeness (QED) is 0.606. The fourth-order valence-electron chi connectivity index (χ4n) is 2.83. The zero-order chi connectivity index (χ0) is 12.3. The molecule has 1 nitrogen and oxygen atoms in total. The van der Waals surface area contributed by atoms with E-state index < -0.39 is 0 Å². The van der Waals surface area contributed by atoms with Gasteiger partial charge in [0.05, 0.1) is 5.76 Å². The summed E-state index contributed by atoms with van der Waals surface area (Å²) in [5.74, 6) is 1.12. The van der Waals surface area contributed by atoms with Crippen LogP contribution in [0.1, 0.15) is 84.0 Å². The van der Waals surface area contributed by atoms with Crippen LogP contribution >= 0.6 is 0 Å². The van der Waals surface area contributed by atoms with Crippen molar-refractivity contribution in [2.75, 3.05) is 0 Å². The molecule has 0 aliphatic heterocycles. The molecule has 0 aromatic rings. The summed E-state index contributed by atoms with van der Waals surface area (Å²) < 4.78 is 0. The molecule has 0 radical (unpaired) electrons. The predicted octanol–water partition coefficient (Wildman–Crippen LogP) is 5.76. The Balaban J connectivity index is 2.39. The van der Waals surface area contributed by atoms with Gasteiger partial charge in [0, 0.05) is 5.92 Å². The van der Waals surface area contributed by atoms with Crippen LogP contribution in [0, 0.1) is 5.92 Å². The zero-order valence-electron chi connectivity index (χ0n) is 11.6. The molecular formula is C16H30O. The van der Waals surface area contributed by atoms with E-state index in [0.29, 0.717) is 11.7 Å². The topological polar surface area (TPSA) is 20.2 Å². The average Bonchev–Trinajstić information content (AvgIpc) is 2.30. The highest BCUT2D eigenvalue weighted by Crippen LogP contribution is 2.25. The van der Waals surface area contributed by atoms with Gasteiger partial charge in [0.25, 0.3) is 0 Å². The fourth-order valence-corrected chi connectivity index (χ4v) is 2.83. The molecular weight excluding hydrogens is 208 g/mol. The van der Waals surface area contributed by atoms with Crippen LogP contribution in [-0.2, 0) is 0 Å². The van der Waals surface area contributed by atoms with E-state index in [1.807, 2.05) is 6.08 Å². The average molecular weight is 238 g/mol. The summed E-state index contributed by atoms with van der Waals surface area (Å²) in [7, 11) is 0. The van der Waals surface area contributed by atoms with Crippen LogP contribution in [0.5, 0.6) is 0 Å². The van der Waals surface area contributed by atoms with E-state index in [1.54, 1.807) is 0 Å². The summed E-state index contributed by atoms with van der Waals surface area (Å²) >= 11 is 0. The minimum absolute atomic E-state index is 0.453. The molecule has 0 amide bonds. The minimum atomic E-state index is 0.453. The van der Waals surface area contributed by atoms with Crippen molar-refractivity contribution in [2.45, 2.75) is 84.0 Å². The minimum Gasteiger partial charge on any atom is -0.512 e. The number of hydrogen-bond acceptors (Lipinski definition) is 1. The van der Waals surface area contributed by atoms with Crippen molar-refractivity contribution in [3.8, 4) is 0 Å². The molecule has 0 spiro atoms. The summed E-state index contributed by atoms with van der Waals surface area (Å²) in [6.45, 7) is 2.10. The summed E-state index contributed by atoms with van der Waals surface area (Å²) in [6.07, 6.45) is 17.7. The van der Waals surface area contributed by atoms with E-state index in [0.717, 1.165) is 6.42 Å². The van der Waals surface area contributed by atoms with Gasteiger partial charge >= 0.3 is 0 Å². The van der Waals surface area contributed by atoms with Crippen molar-refractivity contribution in [2.24, 2.45) is 5.92 Å². The van der Waals surface area contributed by atoms with Crippen LogP contribution in [0.15, 0.2) is 11.8 Å². The molecule has 0 bridgehead atoms. The van der Waals surface area contributed by atoms with Gasteiger partial charge < -0.3 is 5.11 Å². The van der Waals surface area contributed by atoms with E-state index in [-0.39, 0.29) is 0 Å². The largest absolute Gasteiger partial charge is 0.512 e. The van der Waals surface area contributed by atoms with E-state index in [4.69, 9.17) is 0 Å². The molecule has 0 unspecified atom stereocenters. The Kier molecular flexibility index (Phi) is 8.21. The maximum Gasteiger partial charge on any atom is 0.0913 e. The lowest BCUT2D eigenvalue weighted by atomic mass is 9.91. The molecule has 0 atom stereocenters. The van der Waals surface area contributed by atoms with Crippen molar-refractivity contribution in [3.63, 3.8) is 0 Å². The Morgan fingerprint density at radius 1 is 0.882 bits per heavy atom. The first kappa shape index (κ1) is 14.6. The smallest absolute Gasteiger partial charge is 0.0913 e. The molecule has 1 aliphatic rings. The Morgan fingerprint density at radius 2 is 1.29 bits per heavy atom. The second kappa shape index (κ2) is 9.56. The first-order chi connectivity index (χ1) is 8.34. The standard InChI is InChI=1S/C16H30O/c1-2-12-16(17)15-13-10-8-6-4-3-5-7-9-11-14-15/h12,15,17H,2-11,13-14H2,1H3. The zero-order valence-corrected chi connectivity index (χ0v) is 11.6. The first-order valence-electron chi connectivity index (χ1n) is 7.73. The number of hydrogen-bond donors (Lipinski definition) is 1. The maximum absolute atomic E-state index is 10.0. The highest BCUT2D eigenvalue weighted by atomic mass is 16.3. The van der Waals surface area contributed by atoms with Gasteiger partial charge in [0.15, 0.2) is 0 Å². The highest BCUT2D eigenvalue weighted by molar-refractivity contribution is 4.96. The van der Waals surface area contributed by atoms with Gasteiger partial charge in [-0.05, 0) is 25.3 Å². The van der Waals surface area contributed by atoms with Crippen LogP contribution in [0.25, 0.3) is 0 Å². The van der Waals surface area contributed by atoms with Crippen LogP contribution in [0.2, 0.25) is 0 Å². The molecule has 1 fully saturated rings. The summed E-state index contributed by atoms with van der Waals surface area (Å²) in [6, 6.07) is 0. The molecule has 100 valence electrons. The molecule has 0 aromatic heterocycles. The van der Waals surface area contributed by atoms with Gasteiger partial charge in [-0.15, -0.1) is 0 Å². The number of aliphatic hydroxyl groups excluding tert-OH is 1. The fraction of sp³-hybridized carbons (Fsp3) is 0.875. The van der Waals surface area contributed by atoms with E-state index >= 15 is 0 Å². The number of rotatable bonds is 2. The Labute approximate surface area is 107 Å². The maximum atomic E-state index is 10.0. The van der Waals surface area contributed by atoms with Gasteiger partial charge in [0.2, 0.25) is 0 Å². The second-order valence-corrected chi connectivity index (χ2v) is 5.49. The summed E-state index contributed by atoms with van der Waals surface area (Å²) in [4.78, 5) is 0. The van der Waals surface area contributed by atoms with Crippen molar-refractivity contribution in [1.82, 2.24) is 0 Å². The Morgan fingerprint density at radius 3 is 1.71 bits per heavy atom. The van der Waals surface area contributed by atoms with Crippen molar-refractivity contribution in [1.29, 1.82) is 0 Å². The van der Waals surface area contributed by atoms with Crippen LogP contribution in [0.3, 0.4) is 0 Å².